The molecule has 2 heteroatoms. The van der Waals surface area contributed by atoms with Gasteiger partial charge < -0.3 is 4.90 Å². The Morgan fingerprint density at radius 2 is 0.759 bits per heavy atom. The van der Waals surface area contributed by atoms with Crippen molar-refractivity contribution in [3.05, 3.63) is 224 Å². The van der Waals surface area contributed by atoms with Gasteiger partial charge in [-0.25, -0.2) is 0 Å². The molecule has 58 heavy (non-hydrogen) atoms. The Hall–Kier alpha value is -7.26. The lowest BCUT2D eigenvalue weighted by Crippen LogP contribution is -2.10. The molecule has 11 rings (SSSR count). The summed E-state index contributed by atoms with van der Waals surface area (Å²) in [5.41, 5.74) is 13.2. The van der Waals surface area contributed by atoms with E-state index in [1.807, 2.05) is 11.3 Å². The van der Waals surface area contributed by atoms with Gasteiger partial charge in [-0.2, -0.15) is 0 Å². The SMILES string of the molecule is c1ccc(-c2cccc3cccc(-c4ccc(-c5ccc(N(c6ccc(-c7cccc8ccccc78)cc6)c6cccc7c6sc6ccccc67)cc5)cc4)c23)cc1. The number of nitrogens with zero attached hydrogens (tertiary/aromatic N) is 1. The molecule has 272 valence electrons. The summed E-state index contributed by atoms with van der Waals surface area (Å²) in [6.07, 6.45) is 0. The predicted molar refractivity (Wildman–Crippen MR) is 251 cm³/mol. The van der Waals surface area contributed by atoms with Crippen molar-refractivity contribution < 1.29 is 0 Å². The highest BCUT2D eigenvalue weighted by atomic mass is 32.1. The van der Waals surface area contributed by atoms with Crippen LogP contribution in [0.25, 0.3) is 86.2 Å². The van der Waals surface area contributed by atoms with Gasteiger partial charge in [0, 0.05) is 26.8 Å². The van der Waals surface area contributed by atoms with Crippen LogP contribution in [-0.4, -0.2) is 0 Å². The number of rotatable bonds is 7. The lowest BCUT2D eigenvalue weighted by Gasteiger charge is -2.26. The molecule has 0 radical (unpaired) electrons. The molecule has 0 spiro atoms. The molecule has 0 aliphatic heterocycles. The number of thiophene rings is 1. The van der Waals surface area contributed by atoms with Gasteiger partial charge in [0.1, 0.15) is 0 Å². The molecule has 0 saturated heterocycles. The fourth-order valence-electron chi connectivity index (χ4n) is 8.69. The summed E-state index contributed by atoms with van der Waals surface area (Å²) >= 11 is 1.87. The highest BCUT2D eigenvalue weighted by Crippen LogP contribution is 2.45. The second-order valence-electron chi connectivity index (χ2n) is 14.9. The van der Waals surface area contributed by atoms with E-state index in [1.54, 1.807) is 0 Å². The van der Waals surface area contributed by atoms with Gasteiger partial charge in [0.15, 0.2) is 0 Å². The van der Waals surface area contributed by atoms with E-state index in [-0.39, 0.29) is 0 Å². The van der Waals surface area contributed by atoms with Crippen molar-refractivity contribution in [2.75, 3.05) is 4.90 Å². The topological polar surface area (TPSA) is 3.24 Å². The van der Waals surface area contributed by atoms with Crippen molar-refractivity contribution in [1.29, 1.82) is 0 Å². The summed E-state index contributed by atoms with van der Waals surface area (Å²) in [7, 11) is 0. The molecule has 0 aliphatic rings. The second-order valence-corrected chi connectivity index (χ2v) is 15.9. The van der Waals surface area contributed by atoms with Gasteiger partial charge in [-0.1, -0.05) is 188 Å². The predicted octanol–water partition coefficient (Wildman–Crippen LogP) is 16.5. The summed E-state index contributed by atoms with van der Waals surface area (Å²) in [4.78, 5) is 2.42. The number of hydrogen-bond donors (Lipinski definition) is 0. The molecule has 0 N–H and O–H groups in total. The van der Waals surface area contributed by atoms with Crippen LogP contribution in [0.1, 0.15) is 0 Å². The molecule has 0 saturated carbocycles. The zero-order chi connectivity index (χ0) is 38.4. The number of fused-ring (bicyclic) bond motifs is 5. The van der Waals surface area contributed by atoms with Gasteiger partial charge in [0.25, 0.3) is 0 Å². The summed E-state index contributed by atoms with van der Waals surface area (Å²) in [5, 5.41) is 7.64. The Balaban J connectivity index is 0.976. The van der Waals surface area contributed by atoms with Gasteiger partial charge in [-0.05, 0) is 102 Å². The Kier molecular flexibility index (Phi) is 8.42. The van der Waals surface area contributed by atoms with Crippen molar-refractivity contribution in [3.8, 4) is 44.5 Å². The van der Waals surface area contributed by atoms with Crippen molar-refractivity contribution in [2.45, 2.75) is 0 Å². The molecular weight excluding hydrogens is 719 g/mol. The highest BCUT2D eigenvalue weighted by Gasteiger charge is 2.19. The van der Waals surface area contributed by atoms with Gasteiger partial charge in [0.05, 0.1) is 10.4 Å². The van der Waals surface area contributed by atoms with Crippen LogP contribution in [-0.2, 0) is 0 Å². The van der Waals surface area contributed by atoms with E-state index >= 15 is 0 Å². The Morgan fingerprint density at radius 1 is 0.293 bits per heavy atom. The first-order valence-electron chi connectivity index (χ1n) is 19.8. The van der Waals surface area contributed by atoms with Gasteiger partial charge in [-0.15, -0.1) is 11.3 Å². The molecule has 0 unspecified atom stereocenters. The lowest BCUT2D eigenvalue weighted by molar-refractivity contribution is 1.30. The van der Waals surface area contributed by atoms with E-state index in [2.05, 4.69) is 229 Å². The fraction of sp³-hybridized carbons (Fsp3) is 0. The summed E-state index contributed by atoms with van der Waals surface area (Å²) in [6.45, 7) is 0. The van der Waals surface area contributed by atoms with Crippen LogP contribution in [0.3, 0.4) is 0 Å². The van der Waals surface area contributed by atoms with Crippen LogP contribution in [0.15, 0.2) is 224 Å². The van der Waals surface area contributed by atoms with E-state index in [0.29, 0.717) is 0 Å². The van der Waals surface area contributed by atoms with E-state index in [9.17, 15) is 0 Å². The number of anilines is 3. The molecule has 1 heterocycles. The second kappa shape index (κ2) is 14.4. The van der Waals surface area contributed by atoms with E-state index in [1.165, 1.54) is 91.9 Å². The largest absolute Gasteiger partial charge is 0.309 e. The van der Waals surface area contributed by atoms with Gasteiger partial charge in [0.2, 0.25) is 0 Å². The first-order chi connectivity index (χ1) is 28.8. The summed E-state index contributed by atoms with van der Waals surface area (Å²) < 4.78 is 2.58. The van der Waals surface area contributed by atoms with Crippen LogP contribution in [0.2, 0.25) is 0 Å². The van der Waals surface area contributed by atoms with Crippen molar-refractivity contribution in [3.63, 3.8) is 0 Å². The third kappa shape index (κ3) is 5.94. The van der Waals surface area contributed by atoms with Crippen molar-refractivity contribution in [2.24, 2.45) is 0 Å². The van der Waals surface area contributed by atoms with Gasteiger partial charge in [-0.3, -0.25) is 0 Å². The molecule has 0 atom stereocenters. The van der Waals surface area contributed by atoms with E-state index in [4.69, 9.17) is 0 Å². The third-order valence-corrected chi connectivity index (χ3v) is 12.7. The summed E-state index contributed by atoms with van der Waals surface area (Å²) in [5.74, 6) is 0. The first kappa shape index (κ1) is 34.0. The maximum absolute atomic E-state index is 2.42. The van der Waals surface area contributed by atoms with Crippen LogP contribution < -0.4 is 4.90 Å². The van der Waals surface area contributed by atoms with Crippen LogP contribution >= 0.6 is 11.3 Å². The minimum atomic E-state index is 1.12. The monoisotopic (exact) mass is 755 g/mol. The Bertz CT molecular complexity index is 3240. The molecule has 11 aromatic rings. The van der Waals surface area contributed by atoms with Gasteiger partial charge >= 0.3 is 0 Å². The summed E-state index contributed by atoms with van der Waals surface area (Å²) in [6, 6.07) is 81.8. The third-order valence-electron chi connectivity index (χ3n) is 11.5. The molecule has 0 aliphatic carbocycles. The molecule has 10 aromatic carbocycles. The fourth-order valence-corrected chi connectivity index (χ4v) is 9.89. The van der Waals surface area contributed by atoms with E-state index < -0.39 is 0 Å². The maximum atomic E-state index is 2.42. The molecule has 0 bridgehead atoms. The Morgan fingerprint density at radius 3 is 1.47 bits per heavy atom. The van der Waals surface area contributed by atoms with Crippen LogP contribution in [0, 0.1) is 0 Å². The molecule has 0 amide bonds. The van der Waals surface area contributed by atoms with Crippen LogP contribution in [0.5, 0.6) is 0 Å². The quantitative estimate of drug-likeness (QED) is 0.157. The highest BCUT2D eigenvalue weighted by molar-refractivity contribution is 7.26. The van der Waals surface area contributed by atoms with Crippen molar-refractivity contribution >= 4 is 70.1 Å². The smallest absolute Gasteiger partial charge is 0.0640 e. The number of hydrogen-bond acceptors (Lipinski definition) is 2. The lowest BCUT2D eigenvalue weighted by atomic mass is 9.91. The minimum absolute atomic E-state index is 1.12. The maximum Gasteiger partial charge on any atom is 0.0640 e. The molecular formula is C56H37NS. The molecule has 1 aromatic heterocycles. The van der Waals surface area contributed by atoms with Crippen molar-refractivity contribution in [1.82, 2.24) is 0 Å². The first-order valence-corrected chi connectivity index (χ1v) is 20.7. The molecule has 1 nitrogen and oxygen atoms in total. The average Bonchev–Trinajstić information content (AvgIpc) is 3.69. The number of benzene rings is 10. The zero-order valence-corrected chi connectivity index (χ0v) is 32.5. The molecule has 0 fully saturated rings. The Labute approximate surface area is 342 Å². The van der Waals surface area contributed by atoms with E-state index in [0.717, 1.165) is 11.4 Å². The average molecular weight is 756 g/mol. The zero-order valence-electron chi connectivity index (χ0n) is 31.7. The normalized spacial score (nSPS) is 11.4. The van der Waals surface area contributed by atoms with Crippen LogP contribution in [0.4, 0.5) is 17.1 Å². The standard InChI is InChI=1S/C56H37NS/c1-2-12-41(13-3-1)49-21-9-16-44-17-10-22-50(55(44)49)43-28-26-38(27-29-43)39-30-34-45(35-31-39)57(53-24-11-23-52-51-19-6-7-25-54(51)58-56(52)53)46-36-32-42(33-37-46)48-20-8-15-40-14-4-5-18-47(40)48/h1-37H. The minimum Gasteiger partial charge on any atom is -0.309 e.